The molecule has 2 heterocycles. The van der Waals surface area contributed by atoms with Crippen LogP contribution in [-0.4, -0.2) is 28.9 Å². The van der Waals surface area contributed by atoms with Crippen LogP contribution in [0.5, 0.6) is 0 Å². The maximum Gasteiger partial charge on any atom is 0.254 e. The standard InChI is InChI=1S/C17H17ClN2O2/c18-15-3-1-12(2-4-15)9-13-6-8-20(11-13)17(22)14-5-7-19-16(21)10-14/h1-5,7,10,13H,6,8-9,11H2,(H,19,21). The molecule has 1 aliphatic rings. The van der Waals surface area contributed by atoms with E-state index in [2.05, 4.69) is 4.98 Å². The zero-order valence-corrected chi connectivity index (χ0v) is 12.8. The highest BCUT2D eigenvalue weighted by Crippen LogP contribution is 2.23. The monoisotopic (exact) mass is 316 g/mol. The van der Waals surface area contributed by atoms with Crippen LogP contribution < -0.4 is 5.56 Å². The van der Waals surface area contributed by atoms with Crippen molar-refractivity contribution in [2.24, 2.45) is 5.92 Å². The van der Waals surface area contributed by atoms with Crippen LogP contribution in [0.4, 0.5) is 0 Å². The molecule has 22 heavy (non-hydrogen) atoms. The molecule has 1 aromatic heterocycles. The molecule has 1 atom stereocenters. The predicted molar refractivity (Wildman–Crippen MR) is 86.2 cm³/mol. The number of hydrogen-bond donors (Lipinski definition) is 1. The number of likely N-dealkylation sites (tertiary alicyclic amines) is 1. The fourth-order valence-electron chi connectivity index (χ4n) is 2.90. The molecule has 5 heteroatoms. The number of pyridine rings is 1. The van der Waals surface area contributed by atoms with Crippen LogP contribution in [0.1, 0.15) is 22.3 Å². The van der Waals surface area contributed by atoms with Gasteiger partial charge in [-0.3, -0.25) is 9.59 Å². The van der Waals surface area contributed by atoms with E-state index in [1.807, 2.05) is 29.2 Å². The van der Waals surface area contributed by atoms with Crippen LogP contribution in [0.25, 0.3) is 0 Å². The summed E-state index contributed by atoms with van der Waals surface area (Å²) in [5, 5.41) is 0.737. The van der Waals surface area contributed by atoms with Gasteiger partial charge in [0.05, 0.1) is 0 Å². The Morgan fingerprint density at radius 2 is 2.05 bits per heavy atom. The average molecular weight is 317 g/mol. The highest BCUT2D eigenvalue weighted by molar-refractivity contribution is 6.30. The van der Waals surface area contributed by atoms with E-state index in [9.17, 15) is 9.59 Å². The van der Waals surface area contributed by atoms with Crippen molar-refractivity contribution in [3.63, 3.8) is 0 Å². The number of carbonyl (C=O) groups excluding carboxylic acids is 1. The van der Waals surface area contributed by atoms with Crippen LogP contribution in [0.2, 0.25) is 5.02 Å². The van der Waals surface area contributed by atoms with Gasteiger partial charge in [0, 0.05) is 35.9 Å². The molecule has 0 spiro atoms. The third-order valence-corrected chi connectivity index (χ3v) is 4.28. The van der Waals surface area contributed by atoms with Crippen molar-refractivity contribution in [1.82, 2.24) is 9.88 Å². The Labute approximate surface area is 133 Å². The zero-order chi connectivity index (χ0) is 15.5. The number of aromatic nitrogens is 1. The Hall–Kier alpha value is -2.07. The number of benzene rings is 1. The van der Waals surface area contributed by atoms with Crippen molar-refractivity contribution >= 4 is 17.5 Å². The number of halogens is 1. The molecular weight excluding hydrogens is 300 g/mol. The zero-order valence-electron chi connectivity index (χ0n) is 12.1. The largest absolute Gasteiger partial charge is 0.338 e. The molecule has 1 aliphatic heterocycles. The van der Waals surface area contributed by atoms with Crippen LogP contribution in [0.3, 0.4) is 0 Å². The molecule has 1 amide bonds. The molecular formula is C17H17ClN2O2. The van der Waals surface area contributed by atoms with Gasteiger partial charge in [-0.2, -0.15) is 0 Å². The summed E-state index contributed by atoms with van der Waals surface area (Å²) >= 11 is 5.89. The van der Waals surface area contributed by atoms with E-state index in [4.69, 9.17) is 11.6 Å². The van der Waals surface area contributed by atoms with E-state index >= 15 is 0 Å². The topological polar surface area (TPSA) is 53.2 Å². The Balaban J connectivity index is 1.63. The summed E-state index contributed by atoms with van der Waals surface area (Å²) in [7, 11) is 0. The molecule has 114 valence electrons. The fourth-order valence-corrected chi connectivity index (χ4v) is 3.02. The van der Waals surface area contributed by atoms with Crippen LogP contribution in [-0.2, 0) is 6.42 Å². The van der Waals surface area contributed by atoms with Crippen LogP contribution in [0.15, 0.2) is 47.4 Å². The molecule has 0 bridgehead atoms. The third-order valence-electron chi connectivity index (χ3n) is 4.03. The first-order chi connectivity index (χ1) is 10.6. The summed E-state index contributed by atoms with van der Waals surface area (Å²) in [6.45, 7) is 1.47. The minimum atomic E-state index is -0.247. The number of amides is 1. The summed E-state index contributed by atoms with van der Waals surface area (Å²) in [4.78, 5) is 28.1. The fraction of sp³-hybridized carbons (Fsp3) is 0.294. The normalized spacial score (nSPS) is 17.7. The van der Waals surface area contributed by atoms with Crippen molar-refractivity contribution in [1.29, 1.82) is 0 Å². The second kappa shape index (κ2) is 6.36. The summed E-state index contributed by atoms with van der Waals surface area (Å²) < 4.78 is 0. The molecule has 0 aliphatic carbocycles. The number of nitrogens with zero attached hydrogens (tertiary/aromatic N) is 1. The quantitative estimate of drug-likeness (QED) is 0.946. The summed E-state index contributed by atoms with van der Waals surface area (Å²) in [5.74, 6) is 0.386. The summed E-state index contributed by atoms with van der Waals surface area (Å²) in [5.41, 5.74) is 1.44. The van der Waals surface area contributed by atoms with E-state index < -0.39 is 0 Å². The van der Waals surface area contributed by atoms with E-state index in [0.29, 0.717) is 11.5 Å². The number of nitrogens with one attached hydrogen (secondary N) is 1. The predicted octanol–water partition coefficient (Wildman–Crippen LogP) is 2.73. The Bertz CT molecular complexity index is 724. The number of H-pyrrole nitrogens is 1. The molecule has 1 fully saturated rings. The second-order valence-electron chi connectivity index (χ2n) is 5.68. The SMILES string of the molecule is O=C(c1cc[nH]c(=O)c1)N1CCC(Cc2ccc(Cl)cc2)C1. The average Bonchev–Trinajstić information content (AvgIpc) is 2.97. The van der Waals surface area contributed by atoms with Gasteiger partial charge in [-0.15, -0.1) is 0 Å². The first-order valence-electron chi connectivity index (χ1n) is 7.34. The minimum absolute atomic E-state index is 0.0651. The first-order valence-corrected chi connectivity index (χ1v) is 7.72. The van der Waals surface area contributed by atoms with E-state index in [0.717, 1.165) is 31.0 Å². The Kier molecular flexibility index (Phi) is 4.29. The van der Waals surface area contributed by atoms with Gasteiger partial charge in [0.15, 0.2) is 0 Å². The lowest BCUT2D eigenvalue weighted by Gasteiger charge is -2.16. The van der Waals surface area contributed by atoms with Gasteiger partial charge in [-0.25, -0.2) is 0 Å². The van der Waals surface area contributed by atoms with E-state index in [-0.39, 0.29) is 11.5 Å². The third kappa shape index (κ3) is 3.39. The van der Waals surface area contributed by atoms with Gasteiger partial charge >= 0.3 is 0 Å². The lowest BCUT2D eigenvalue weighted by molar-refractivity contribution is 0.0787. The van der Waals surface area contributed by atoms with Crippen LogP contribution >= 0.6 is 11.6 Å². The number of rotatable bonds is 3. The van der Waals surface area contributed by atoms with Crippen LogP contribution in [0, 0.1) is 5.92 Å². The van der Waals surface area contributed by atoms with E-state index in [1.165, 1.54) is 17.8 Å². The van der Waals surface area contributed by atoms with Crippen molar-refractivity contribution < 1.29 is 4.79 Å². The van der Waals surface area contributed by atoms with Gasteiger partial charge in [0.25, 0.3) is 5.91 Å². The smallest absolute Gasteiger partial charge is 0.254 e. The van der Waals surface area contributed by atoms with Crippen molar-refractivity contribution in [3.8, 4) is 0 Å². The molecule has 0 saturated carbocycles. The molecule has 3 rings (SSSR count). The summed E-state index contributed by atoms with van der Waals surface area (Å²) in [6.07, 6.45) is 3.44. The highest BCUT2D eigenvalue weighted by Gasteiger charge is 2.27. The van der Waals surface area contributed by atoms with Gasteiger partial charge in [0.1, 0.15) is 0 Å². The lowest BCUT2D eigenvalue weighted by Crippen LogP contribution is -2.29. The molecule has 1 N–H and O–H groups in total. The molecule has 2 aromatic rings. The minimum Gasteiger partial charge on any atom is -0.338 e. The van der Waals surface area contributed by atoms with Gasteiger partial charge in [0.2, 0.25) is 5.56 Å². The molecule has 1 saturated heterocycles. The Morgan fingerprint density at radius 3 is 2.77 bits per heavy atom. The summed E-state index contributed by atoms with van der Waals surface area (Å²) in [6, 6.07) is 10.9. The number of hydrogen-bond acceptors (Lipinski definition) is 2. The number of aromatic amines is 1. The van der Waals surface area contributed by atoms with E-state index in [1.54, 1.807) is 6.07 Å². The number of carbonyl (C=O) groups is 1. The second-order valence-corrected chi connectivity index (χ2v) is 6.11. The van der Waals surface area contributed by atoms with Gasteiger partial charge in [-0.05, 0) is 42.5 Å². The van der Waals surface area contributed by atoms with Gasteiger partial charge in [-0.1, -0.05) is 23.7 Å². The lowest BCUT2D eigenvalue weighted by atomic mass is 9.99. The maximum absolute atomic E-state index is 12.4. The maximum atomic E-state index is 12.4. The molecule has 4 nitrogen and oxygen atoms in total. The molecule has 0 radical (unpaired) electrons. The molecule has 1 aromatic carbocycles. The highest BCUT2D eigenvalue weighted by atomic mass is 35.5. The van der Waals surface area contributed by atoms with Crippen molar-refractivity contribution in [3.05, 3.63) is 69.1 Å². The Morgan fingerprint density at radius 1 is 1.27 bits per heavy atom. The first kappa shape index (κ1) is 14.9. The van der Waals surface area contributed by atoms with Crippen molar-refractivity contribution in [2.75, 3.05) is 13.1 Å². The van der Waals surface area contributed by atoms with Crippen molar-refractivity contribution in [2.45, 2.75) is 12.8 Å². The molecule has 1 unspecified atom stereocenters. The van der Waals surface area contributed by atoms with Gasteiger partial charge < -0.3 is 9.88 Å².